The van der Waals surface area contributed by atoms with Crippen molar-refractivity contribution in [2.45, 2.75) is 32.0 Å². The highest BCUT2D eigenvalue weighted by Crippen LogP contribution is 2.36. The van der Waals surface area contributed by atoms with Gasteiger partial charge in [0.2, 0.25) is 0 Å². The number of amides is 1. The number of piperidine rings is 1. The zero-order valence-electron chi connectivity index (χ0n) is 16.3. The van der Waals surface area contributed by atoms with Crippen LogP contribution in [0.2, 0.25) is 0 Å². The predicted molar refractivity (Wildman–Crippen MR) is 103 cm³/mol. The SMILES string of the molecule is COc1cc(N2CCC(C(F)(F)F)CC2)nc2cc(C(=O)N[C@H](C)CO)ccc12. The van der Waals surface area contributed by atoms with E-state index in [2.05, 4.69) is 10.3 Å². The van der Waals surface area contributed by atoms with Crippen LogP contribution in [-0.4, -0.2) is 55.0 Å². The molecule has 29 heavy (non-hydrogen) atoms. The number of ether oxygens (including phenoxy) is 1. The summed E-state index contributed by atoms with van der Waals surface area (Å²) in [4.78, 5) is 18.7. The van der Waals surface area contributed by atoms with Crippen molar-refractivity contribution in [1.29, 1.82) is 0 Å². The number of halogens is 3. The standard InChI is InChI=1S/C20H24F3N3O3/c1-12(11-27)24-19(28)13-3-4-15-16(9-13)25-18(10-17(15)29-2)26-7-5-14(6-8-26)20(21,22)23/h3-4,9-10,12,14,27H,5-8,11H2,1-2H3,(H,24,28)/t12-/m1/s1. The summed E-state index contributed by atoms with van der Waals surface area (Å²) in [6.07, 6.45) is -4.13. The Labute approximate surface area is 166 Å². The fourth-order valence-electron chi connectivity index (χ4n) is 3.44. The lowest BCUT2D eigenvalue weighted by molar-refractivity contribution is -0.179. The number of aromatic nitrogens is 1. The molecular formula is C20H24F3N3O3. The highest BCUT2D eigenvalue weighted by atomic mass is 19.4. The molecule has 2 heterocycles. The molecule has 0 spiro atoms. The van der Waals surface area contributed by atoms with Gasteiger partial charge in [-0.15, -0.1) is 0 Å². The van der Waals surface area contributed by atoms with Crippen LogP contribution in [0.1, 0.15) is 30.1 Å². The molecule has 0 radical (unpaired) electrons. The van der Waals surface area contributed by atoms with E-state index in [0.29, 0.717) is 28.0 Å². The fraction of sp³-hybridized carbons (Fsp3) is 0.500. The van der Waals surface area contributed by atoms with Gasteiger partial charge in [0.05, 0.1) is 25.2 Å². The average Bonchev–Trinajstić information content (AvgIpc) is 2.71. The van der Waals surface area contributed by atoms with Crippen LogP contribution in [-0.2, 0) is 0 Å². The van der Waals surface area contributed by atoms with Crippen molar-refractivity contribution >= 4 is 22.6 Å². The second-order valence-electron chi connectivity index (χ2n) is 7.27. The molecule has 1 atom stereocenters. The third-order valence-electron chi connectivity index (χ3n) is 5.17. The Morgan fingerprint density at radius 1 is 1.34 bits per heavy atom. The molecule has 2 N–H and O–H groups in total. The number of nitrogens with zero attached hydrogens (tertiary/aromatic N) is 2. The minimum absolute atomic E-state index is 0.0209. The van der Waals surface area contributed by atoms with Gasteiger partial charge in [-0.3, -0.25) is 4.79 Å². The molecule has 2 aromatic rings. The maximum atomic E-state index is 12.9. The van der Waals surface area contributed by atoms with Crippen molar-refractivity contribution in [1.82, 2.24) is 10.3 Å². The van der Waals surface area contributed by atoms with Crippen molar-refractivity contribution in [2.24, 2.45) is 5.92 Å². The van der Waals surface area contributed by atoms with E-state index in [9.17, 15) is 18.0 Å². The Hall–Kier alpha value is -2.55. The summed E-state index contributed by atoms with van der Waals surface area (Å²) in [5.74, 6) is -0.564. The van der Waals surface area contributed by atoms with Gasteiger partial charge in [0.25, 0.3) is 5.91 Å². The zero-order valence-corrected chi connectivity index (χ0v) is 16.3. The van der Waals surface area contributed by atoms with Crippen LogP contribution in [0.5, 0.6) is 5.75 Å². The number of anilines is 1. The predicted octanol–water partition coefficient (Wildman–Crippen LogP) is 3.13. The lowest BCUT2D eigenvalue weighted by Crippen LogP contribution is -2.39. The maximum absolute atomic E-state index is 12.9. The first-order valence-corrected chi connectivity index (χ1v) is 9.45. The van der Waals surface area contributed by atoms with Gasteiger partial charge in [0, 0.05) is 36.1 Å². The minimum atomic E-state index is -4.17. The third-order valence-corrected chi connectivity index (χ3v) is 5.17. The van der Waals surface area contributed by atoms with E-state index in [-0.39, 0.29) is 44.5 Å². The van der Waals surface area contributed by atoms with E-state index in [0.717, 1.165) is 0 Å². The van der Waals surface area contributed by atoms with Gasteiger partial charge in [-0.2, -0.15) is 13.2 Å². The fourth-order valence-corrected chi connectivity index (χ4v) is 3.44. The molecule has 1 aliphatic heterocycles. The Morgan fingerprint density at radius 3 is 2.62 bits per heavy atom. The number of alkyl halides is 3. The molecule has 3 rings (SSSR count). The van der Waals surface area contributed by atoms with Crippen LogP contribution in [0.15, 0.2) is 24.3 Å². The molecule has 1 amide bonds. The van der Waals surface area contributed by atoms with E-state index in [4.69, 9.17) is 9.84 Å². The van der Waals surface area contributed by atoms with E-state index < -0.39 is 12.1 Å². The Morgan fingerprint density at radius 2 is 2.03 bits per heavy atom. The quantitative estimate of drug-likeness (QED) is 0.791. The van der Waals surface area contributed by atoms with Gasteiger partial charge in [0.1, 0.15) is 11.6 Å². The van der Waals surface area contributed by atoms with Gasteiger partial charge in [0.15, 0.2) is 0 Å². The van der Waals surface area contributed by atoms with Gasteiger partial charge < -0.3 is 20.1 Å². The number of fused-ring (bicyclic) bond motifs is 1. The summed E-state index contributed by atoms with van der Waals surface area (Å²) in [5.41, 5.74) is 0.891. The molecule has 1 aromatic carbocycles. The van der Waals surface area contributed by atoms with Crippen LogP contribution < -0.4 is 15.0 Å². The van der Waals surface area contributed by atoms with Crippen molar-refractivity contribution in [3.63, 3.8) is 0 Å². The largest absolute Gasteiger partial charge is 0.496 e. The molecule has 1 saturated heterocycles. The van der Waals surface area contributed by atoms with Crippen LogP contribution in [0.4, 0.5) is 19.0 Å². The summed E-state index contributed by atoms with van der Waals surface area (Å²) in [7, 11) is 1.51. The van der Waals surface area contributed by atoms with Gasteiger partial charge in [-0.25, -0.2) is 4.98 Å². The highest BCUT2D eigenvalue weighted by Gasteiger charge is 2.41. The number of methoxy groups -OCH3 is 1. The zero-order chi connectivity index (χ0) is 21.2. The molecule has 6 nitrogen and oxygen atoms in total. The van der Waals surface area contributed by atoms with Gasteiger partial charge >= 0.3 is 6.18 Å². The Kier molecular flexibility index (Phi) is 6.16. The summed E-state index contributed by atoms with van der Waals surface area (Å²) >= 11 is 0. The molecule has 0 bridgehead atoms. The molecule has 1 fully saturated rings. The molecular weight excluding hydrogens is 387 g/mol. The van der Waals surface area contributed by atoms with E-state index in [1.54, 1.807) is 31.2 Å². The van der Waals surface area contributed by atoms with Crippen LogP contribution in [0.25, 0.3) is 10.9 Å². The number of aliphatic hydroxyl groups is 1. The third kappa shape index (κ3) is 4.72. The van der Waals surface area contributed by atoms with Crippen LogP contribution in [0, 0.1) is 5.92 Å². The molecule has 1 aliphatic rings. The monoisotopic (exact) mass is 411 g/mol. The Bertz CT molecular complexity index is 880. The van der Waals surface area contributed by atoms with Crippen molar-refractivity contribution in [3.8, 4) is 5.75 Å². The normalized spacial score (nSPS) is 16.7. The van der Waals surface area contributed by atoms with E-state index in [1.807, 2.05) is 4.90 Å². The topological polar surface area (TPSA) is 74.7 Å². The summed E-state index contributed by atoms with van der Waals surface area (Å²) < 4.78 is 44.2. The van der Waals surface area contributed by atoms with E-state index >= 15 is 0 Å². The lowest BCUT2D eigenvalue weighted by atomic mass is 9.96. The summed E-state index contributed by atoms with van der Waals surface area (Å²) in [6, 6.07) is 6.30. The first kappa shape index (κ1) is 21.2. The molecule has 9 heteroatoms. The maximum Gasteiger partial charge on any atom is 0.391 e. The highest BCUT2D eigenvalue weighted by molar-refractivity contribution is 5.99. The molecule has 1 aromatic heterocycles. The van der Waals surface area contributed by atoms with E-state index in [1.165, 1.54) is 7.11 Å². The molecule has 0 saturated carbocycles. The summed E-state index contributed by atoms with van der Waals surface area (Å²) in [6.45, 7) is 2.01. The van der Waals surface area contributed by atoms with Crippen molar-refractivity contribution in [2.75, 3.05) is 31.7 Å². The number of benzene rings is 1. The molecule has 0 aliphatic carbocycles. The average molecular weight is 411 g/mol. The lowest BCUT2D eigenvalue weighted by Gasteiger charge is -2.33. The van der Waals surface area contributed by atoms with Crippen molar-refractivity contribution in [3.05, 3.63) is 29.8 Å². The van der Waals surface area contributed by atoms with Crippen LogP contribution >= 0.6 is 0 Å². The molecule has 0 unspecified atom stereocenters. The Balaban J connectivity index is 1.88. The summed E-state index contributed by atoms with van der Waals surface area (Å²) in [5, 5.41) is 12.5. The number of aliphatic hydroxyl groups excluding tert-OH is 1. The smallest absolute Gasteiger partial charge is 0.391 e. The van der Waals surface area contributed by atoms with Gasteiger partial charge in [-0.05, 0) is 38.0 Å². The first-order valence-electron chi connectivity index (χ1n) is 9.45. The number of carbonyl (C=O) groups excluding carboxylic acids is 1. The number of pyridine rings is 1. The number of hydrogen-bond donors (Lipinski definition) is 2. The van der Waals surface area contributed by atoms with Crippen molar-refractivity contribution < 1.29 is 27.8 Å². The first-order chi connectivity index (χ1) is 13.7. The van der Waals surface area contributed by atoms with Crippen LogP contribution in [0.3, 0.4) is 0 Å². The second kappa shape index (κ2) is 8.44. The second-order valence-corrected chi connectivity index (χ2v) is 7.27. The number of carbonyl (C=O) groups is 1. The molecule has 158 valence electrons. The number of hydrogen-bond acceptors (Lipinski definition) is 5. The van der Waals surface area contributed by atoms with Gasteiger partial charge in [-0.1, -0.05) is 0 Å². The number of nitrogens with one attached hydrogen (secondary N) is 1. The minimum Gasteiger partial charge on any atom is -0.496 e. The number of rotatable bonds is 5.